The van der Waals surface area contributed by atoms with Gasteiger partial charge in [0.05, 0.1) is 5.69 Å². The van der Waals surface area contributed by atoms with Crippen LogP contribution in [0.3, 0.4) is 0 Å². The van der Waals surface area contributed by atoms with E-state index in [0.29, 0.717) is 11.3 Å². The largest absolute Gasteiger partial charge is 0.598 e. The number of hydrogen-bond donors (Lipinski definition) is 2. The second-order valence-electron chi connectivity index (χ2n) is 10.3. The lowest BCUT2D eigenvalue weighted by molar-refractivity contribution is 0.0523. The summed E-state index contributed by atoms with van der Waals surface area (Å²) in [5, 5.41) is 2.74. The molecular weight excluding hydrogens is 441 g/mol. The Kier molecular flexibility index (Phi) is 8.90. The molecule has 33 heavy (non-hydrogen) atoms. The molecule has 0 aliphatic rings. The van der Waals surface area contributed by atoms with Crippen molar-refractivity contribution < 1.29 is 18.5 Å². The van der Waals surface area contributed by atoms with E-state index >= 15 is 0 Å². The van der Waals surface area contributed by atoms with Crippen molar-refractivity contribution in [1.82, 2.24) is 15.0 Å². The molecular formula is C25H36FN3O3S. The predicted octanol–water partition coefficient (Wildman–Crippen LogP) is 5.51. The first-order chi connectivity index (χ1) is 15.2. The van der Waals surface area contributed by atoms with Crippen molar-refractivity contribution in [2.75, 3.05) is 0 Å². The zero-order valence-corrected chi connectivity index (χ0v) is 21.6. The molecule has 2 rings (SSSR count). The Balaban J connectivity index is 2.34. The van der Waals surface area contributed by atoms with Crippen LogP contribution in [0.4, 0.5) is 9.18 Å². The van der Waals surface area contributed by atoms with Crippen LogP contribution in [0, 0.1) is 5.95 Å². The number of benzene rings is 1. The summed E-state index contributed by atoms with van der Waals surface area (Å²) in [5.41, 5.74) is 1.97. The lowest BCUT2D eigenvalue weighted by Gasteiger charge is -2.28. The highest BCUT2D eigenvalue weighted by molar-refractivity contribution is 7.90. The van der Waals surface area contributed by atoms with Gasteiger partial charge in [-0.2, -0.15) is 4.39 Å². The van der Waals surface area contributed by atoms with Gasteiger partial charge >= 0.3 is 6.09 Å². The van der Waals surface area contributed by atoms with Crippen molar-refractivity contribution in [3.05, 3.63) is 64.7 Å². The Hall–Kier alpha value is -2.16. The van der Waals surface area contributed by atoms with Gasteiger partial charge in [-0.25, -0.2) is 9.78 Å². The highest BCUT2D eigenvalue weighted by Gasteiger charge is 2.31. The fraction of sp³-hybridized carbons (Fsp3) is 0.520. The number of amides is 1. The minimum Gasteiger partial charge on any atom is -0.598 e. The van der Waals surface area contributed by atoms with Gasteiger partial charge in [0.1, 0.15) is 16.4 Å². The van der Waals surface area contributed by atoms with Crippen LogP contribution in [0.15, 0.2) is 36.4 Å². The lowest BCUT2D eigenvalue weighted by Crippen LogP contribution is -2.42. The molecule has 1 heterocycles. The number of rotatable bonds is 7. The molecule has 2 N–H and O–H groups in total. The van der Waals surface area contributed by atoms with Gasteiger partial charge in [-0.3, -0.25) is 0 Å². The molecule has 0 bridgehead atoms. The van der Waals surface area contributed by atoms with E-state index in [2.05, 4.69) is 15.0 Å². The second kappa shape index (κ2) is 10.8. The first kappa shape index (κ1) is 27.1. The zero-order chi connectivity index (χ0) is 25.0. The minimum atomic E-state index is -1.42. The molecule has 1 amide bonds. The van der Waals surface area contributed by atoms with Gasteiger partial charge in [0, 0.05) is 23.5 Å². The number of halogens is 1. The third-order valence-electron chi connectivity index (χ3n) is 4.72. The van der Waals surface area contributed by atoms with E-state index in [9.17, 15) is 13.7 Å². The molecule has 0 spiro atoms. The molecule has 1 aromatic heterocycles. The van der Waals surface area contributed by atoms with Crippen molar-refractivity contribution in [2.24, 2.45) is 0 Å². The number of nitrogens with one attached hydrogen (secondary N) is 2. The first-order valence-corrected chi connectivity index (χ1v) is 12.2. The van der Waals surface area contributed by atoms with E-state index in [1.165, 1.54) is 0 Å². The van der Waals surface area contributed by atoms with Crippen LogP contribution in [-0.4, -0.2) is 26.0 Å². The Bertz CT molecular complexity index is 955. The molecule has 0 fully saturated rings. The summed E-state index contributed by atoms with van der Waals surface area (Å²) in [6, 6.07) is 10.4. The van der Waals surface area contributed by atoms with Crippen LogP contribution >= 0.6 is 0 Å². The number of pyridine rings is 1. The first-order valence-electron chi connectivity index (χ1n) is 11.1. The topological polar surface area (TPSA) is 86.3 Å². The highest BCUT2D eigenvalue weighted by atomic mass is 32.2. The van der Waals surface area contributed by atoms with Crippen LogP contribution in [0.5, 0.6) is 0 Å². The van der Waals surface area contributed by atoms with Crippen molar-refractivity contribution >= 4 is 17.5 Å². The molecule has 1 aromatic carbocycles. The summed E-state index contributed by atoms with van der Waals surface area (Å²) >= 11 is -1.42. The number of ether oxygens (including phenoxy) is 1. The van der Waals surface area contributed by atoms with Gasteiger partial charge in [-0.1, -0.05) is 44.2 Å². The Morgan fingerprint density at radius 1 is 1.15 bits per heavy atom. The van der Waals surface area contributed by atoms with E-state index < -0.39 is 39.8 Å². The SMILES string of the molecule is CC(C)c1ccc(C(N[S+]([O-])C(C)(C)C)c2cccc(CNC(=O)OC(C)(C)C)c2)nc1F. The smallest absolute Gasteiger partial charge is 0.407 e. The van der Waals surface area contributed by atoms with Gasteiger partial charge in [0.2, 0.25) is 5.95 Å². The third-order valence-corrected chi connectivity index (χ3v) is 6.28. The summed E-state index contributed by atoms with van der Waals surface area (Å²) in [6.45, 7) is 15.1. The monoisotopic (exact) mass is 477 g/mol. The molecule has 2 atom stereocenters. The third kappa shape index (κ3) is 8.28. The van der Waals surface area contributed by atoms with Gasteiger partial charge in [-0.05, 0) is 64.7 Å². The Labute approximate surface area is 200 Å². The highest BCUT2D eigenvalue weighted by Crippen LogP contribution is 2.27. The quantitative estimate of drug-likeness (QED) is 0.406. The summed E-state index contributed by atoms with van der Waals surface area (Å²) in [6.07, 6.45) is -0.510. The molecule has 0 radical (unpaired) electrons. The fourth-order valence-electron chi connectivity index (χ4n) is 3.00. The van der Waals surface area contributed by atoms with E-state index in [1.807, 2.05) is 58.9 Å². The number of aromatic nitrogens is 1. The van der Waals surface area contributed by atoms with E-state index in [4.69, 9.17) is 4.74 Å². The second-order valence-corrected chi connectivity index (χ2v) is 12.3. The van der Waals surface area contributed by atoms with Gasteiger partial charge in [0.15, 0.2) is 0 Å². The zero-order valence-electron chi connectivity index (χ0n) is 20.8. The summed E-state index contributed by atoms with van der Waals surface area (Å²) < 4.78 is 35.5. The number of alkyl carbamates (subject to hydrolysis) is 1. The molecule has 2 unspecified atom stereocenters. The maximum atomic E-state index is 14.7. The maximum Gasteiger partial charge on any atom is 0.407 e. The van der Waals surface area contributed by atoms with E-state index in [1.54, 1.807) is 32.9 Å². The number of nitrogens with zero attached hydrogens (tertiary/aromatic N) is 1. The average molecular weight is 478 g/mol. The molecule has 0 saturated carbocycles. The summed E-state index contributed by atoms with van der Waals surface area (Å²) in [4.78, 5) is 16.2. The molecule has 8 heteroatoms. The minimum absolute atomic E-state index is 0.00363. The normalized spacial score (nSPS) is 14.2. The van der Waals surface area contributed by atoms with Crippen LogP contribution in [0.2, 0.25) is 0 Å². The number of hydrogen-bond acceptors (Lipinski definition) is 5. The average Bonchev–Trinajstić information content (AvgIpc) is 2.68. The lowest BCUT2D eigenvalue weighted by atomic mass is 9.99. The van der Waals surface area contributed by atoms with E-state index in [0.717, 1.165) is 11.1 Å². The Morgan fingerprint density at radius 3 is 2.36 bits per heavy atom. The number of carbonyl (C=O) groups excluding carboxylic acids is 1. The molecule has 6 nitrogen and oxygen atoms in total. The summed E-state index contributed by atoms with van der Waals surface area (Å²) in [7, 11) is 0. The number of carbonyl (C=O) groups is 1. The van der Waals surface area contributed by atoms with Crippen LogP contribution in [-0.2, 0) is 22.6 Å². The van der Waals surface area contributed by atoms with Gasteiger partial charge in [-0.15, -0.1) is 4.72 Å². The molecule has 182 valence electrons. The van der Waals surface area contributed by atoms with Crippen molar-refractivity contribution in [2.45, 2.75) is 84.2 Å². The molecule has 2 aromatic rings. The van der Waals surface area contributed by atoms with Crippen LogP contribution < -0.4 is 10.0 Å². The van der Waals surface area contributed by atoms with E-state index in [-0.39, 0.29) is 12.5 Å². The van der Waals surface area contributed by atoms with Crippen molar-refractivity contribution in [3.63, 3.8) is 0 Å². The fourth-order valence-corrected chi connectivity index (χ4v) is 3.83. The van der Waals surface area contributed by atoms with Gasteiger partial charge in [0.25, 0.3) is 0 Å². The van der Waals surface area contributed by atoms with Crippen LogP contribution in [0.25, 0.3) is 0 Å². The van der Waals surface area contributed by atoms with Gasteiger partial charge < -0.3 is 14.6 Å². The molecule has 0 aliphatic carbocycles. The van der Waals surface area contributed by atoms with Crippen molar-refractivity contribution in [3.8, 4) is 0 Å². The van der Waals surface area contributed by atoms with Crippen LogP contribution in [0.1, 0.15) is 89.7 Å². The predicted molar refractivity (Wildman–Crippen MR) is 131 cm³/mol. The standard InChI is InChI=1S/C25H36FN3O3S/c1-16(2)19-12-13-20(28-22(19)26)21(29-33(31)25(6,7)8)18-11-9-10-17(14-18)15-27-23(30)32-24(3,4)5/h9-14,16,21,29H,15H2,1-8H3,(H,27,30). The van der Waals surface area contributed by atoms with Crippen molar-refractivity contribution in [1.29, 1.82) is 0 Å². The maximum absolute atomic E-state index is 14.7. The molecule has 0 saturated heterocycles. The summed E-state index contributed by atoms with van der Waals surface area (Å²) in [5.74, 6) is -0.525. The Morgan fingerprint density at radius 2 is 1.82 bits per heavy atom. The molecule has 0 aliphatic heterocycles.